The smallest absolute Gasteiger partial charge is 0.146 e. The molecule has 1 aromatic carbocycles. The molecule has 0 atom stereocenters. The van der Waals surface area contributed by atoms with Crippen molar-refractivity contribution in [2.45, 2.75) is 46.8 Å². The maximum absolute atomic E-state index is 5.81. The summed E-state index contributed by atoms with van der Waals surface area (Å²) in [6.45, 7) is 11.0. The van der Waals surface area contributed by atoms with Crippen molar-refractivity contribution in [2.24, 2.45) is 0 Å². The Morgan fingerprint density at radius 2 is 1.61 bits per heavy atom. The Balaban J connectivity index is 3.08. The maximum Gasteiger partial charge on any atom is 0.146 e. The van der Waals surface area contributed by atoms with E-state index in [2.05, 4.69) is 28.2 Å². The summed E-state index contributed by atoms with van der Waals surface area (Å²) >= 11 is 3.53. The predicted molar refractivity (Wildman–Crippen MR) is 79.8 cm³/mol. The Labute approximate surface area is 118 Å². The van der Waals surface area contributed by atoms with Gasteiger partial charge in [0.15, 0.2) is 0 Å². The fraction of sp³-hybridized carbons (Fsp3) is 0.571. The lowest BCUT2D eigenvalue weighted by Crippen LogP contribution is -2.10. The Morgan fingerprint density at radius 1 is 1.06 bits per heavy atom. The second-order valence-electron chi connectivity index (χ2n) is 4.64. The first-order valence-electron chi connectivity index (χ1n) is 6.34. The first-order valence-corrected chi connectivity index (χ1v) is 7.14. The molecule has 1 rings (SSSR count). The van der Waals surface area contributed by atoms with E-state index in [1.807, 2.05) is 39.8 Å². The lowest BCUT2D eigenvalue weighted by atomic mass is 10.2. The molecule has 0 saturated carbocycles. The standard InChI is InChI=1S/C14H22BrNO2/c1-6-16-12-7-11(15)13(17-9(2)3)8-14(12)18-10(4)5/h7-10,16H,6H2,1-5H3. The minimum atomic E-state index is 0.135. The summed E-state index contributed by atoms with van der Waals surface area (Å²) in [5.41, 5.74) is 0.981. The molecule has 102 valence electrons. The van der Waals surface area contributed by atoms with Crippen LogP contribution in [0.25, 0.3) is 0 Å². The molecule has 0 saturated heterocycles. The van der Waals surface area contributed by atoms with E-state index in [9.17, 15) is 0 Å². The largest absolute Gasteiger partial charge is 0.490 e. The maximum atomic E-state index is 5.81. The summed E-state index contributed by atoms with van der Waals surface area (Å²) in [6, 6.07) is 3.93. The third-order valence-corrected chi connectivity index (χ3v) is 2.75. The van der Waals surface area contributed by atoms with E-state index in [1.54, 1.807) is 0 Å². The van der Waals surface area contributed by atoms with Gasteiger partial charge in [-0.05, 0) is 56.6 Å². The lowest BCUT2D eigenvalue weighted by molar-refractivity contribution is 0.229. The summed E-state index contributed by atoms with van der Waals surface area (Å²) in [4.78, 5) is 0. The van der Waals surface area contributed by atoms with Crippen molar-refractivity contribution >= 4 is 21.6 Å². The van der Waals surface area contributed by atoms with Gasteiger partial charge in [0.25, 0.3) is 0 Å². The summed E-state index contributed by atoms with van der Waals surface area (Å²) < 4.78 is 12.5. The zero-order valence-electron chi connectivity index (χ0n) is 11.7. The average molecular weight is 316 g/mol. The van der Waals surface area contributed by atoms with E-state index in [1.165, 1.54) is 0 Å². The molecule has 3 nitrogen and oxygen atoms in total. The minimum Gasteiger partial charge on any atom is -0.490 e. The second-order valence-corrected chi connectivity index (χ2v) is 5.50. The molecule has 0 bridgehead atoms. The van der Waals surface area contributed by atoms with Crippen LogP contribution in [0.4, 0.5) is 5.69 Å². The normalized spacial score (nSPS) is 10.9. The molecule has 0 unspecified atom stereocenters. The highest BCUT2D eigenvalue weighted by Gasteiger charge is 2.12. The third kappa shape index (κ3) is 4.41. The van der Waals surface area contributed by atoms with Gasteiger partial charge in [0.2, 0.25) is 0 Å². The minimum absolute atomic E-state index is 0.135. The van der Waals surface area contributed by atoms with Gasteiger partial charge in [0, 0.05) is 12.6 Å². The Morgan fingerprint density at radius 3 is 2.11 bits per heavy atom. The summed E-state index contributed by atoms with van der Waals surface area (Å²) in [6.07, 6.45) is 0.272. The predicted octanol–water partition coefficient (Wildman–Crippen LogP) is 4.46. The molecule has 0 heterocycles. The molecule has 0 spiro atoms. The fourth-order valence-electron chi connectivity index (χ4n) is 1.56. The molecular weight excluding hydrogens is 294 g/mol. The molecule has 4 heteroatoms. The van der Waals surface area contributed by atoms with E-state index in [-0.39, 0.29) is 12.2 Å². The molecule has 0 aliphatic carbocycles. The van der Waals surface area contributed by atoms with E-state index < -0.39 is 0 Å². The highest BCUT2D eigenvalue weighted by Crippen LogP contribution is 2.37. The van der Waals surface area contributed by atoms with Gasteiger partial charge in [-0.25, -0.2) is 0 Å². The van der Waals surface area contributed by atoms with E-state index in [0.29, 0.717) is 0 Å². The number of hydrogen-bond donors (Lipinski definition) is 1. The van der Waals surface area contributed by atoms with E-state index in [4.69, 9.17) is 9.47 Å². The van der Waals surface area contributed by atoms with Gasteiger partial charge in [-0.3, -0.25) is 0 Å². The molecule has 1 N–H and O–H groups in total. The van der Waals surface area contributed by atoms with Crippen molar-refractivity contribution in [2.75, 3.05) is 11.9 Å². The molecule has 0 radical (unpaired) electrons. The fourth-order valence-corrected chi connectivity index (χ4v) is 2.00. The van der Waals surface area contributed by atoms with Gasteiger partial charge in [-0.1, -0.05) is 0 Å². The Hall–Kier alpha value is -0.900. The molecule has 0 aliphatic rings. The number of rotatable bonds is 6. The van der Waals surface area contributed by atoms with Gasteiger partial charge < -0.3 is 14.8 Å². The van der Waals surface area contributed by atoms with Crippen LogP contribution in [0.5, 0.6) is 11.5 Å². The van der Waals surface area contributed by atoms with Gasteiger partial charge in [0.1, 0.15) is 11.5 Å². The number of ether oxygens (including phenoxy) is 2. The van der Waals surface area contributed by atoms with Crippen LogP contribution in [0, 0.1) is 0 Å². The molecule has 18 heavy (non-hydrogen) atoms. The third-order valence-electron chi connectivity index (χ3n) is 2.13. The summed E-state index contributed by atoms with van der Waals surface area (Å²) in [5.74, 6) is 1.63. The van der Waals surface area contributed by atoms with Gasteiger partial charge in [-0.15, -0.1) is 0 Å². The molecule has 0 fully saturated rings. The van der Waals surface area contributed by atoms with Crippen LogP contribution in [0.3, 0.4) is 0 Å². The first kappa shape index (κ1) is 15.2. The van der Waals surface area contributed by atoms with E-state index in [0.717, 1.165) is 28.2 Å². The zero-order chi connectivity index (χ0) is 13.7. The highest BCUT2D eigenvalue weighted by molar-refractivity contribution is 9.10. The first-order chi connectivity index (χ1) is 8.43. The molecular formula is C14H22BrNO2. The van der Waals surface area contributed by atoms with Crippen LogP contribution in [0.15, 0.2) is 16.6 Å². The molecule has 0 aromatic heterocycles. The van der Waals surface area contributed by atoms with Crippen LogP contribution in [-0.2, 0) is 0 Å². The van der Waals surface area contributed by atoms with Crippen LogP contribution < -0.4 is 14.8 Å². The molecule has 0 amide bonds. The SMILES string of the molecule is CCNc1cc(Br)c(OC(C)C)cc1OC(C)C. The topological polar surface area (TPSA) is 30.5 Å². The summed E-state index contributed by atoms with van der Waals surface area (Å²) in [7, 11) is 0. The number of halogens is 1. The highest BCUT2D eigenvalue weighted by atomic mass is 79.9. The van der Waals surface area contributed by atoms with Crippen LogP contribution in [-0.4, -0.2) is 18.8 Å². The molecule has 1 aromatic rings. The number of nitrogens with one attached hydrogen (secondary N) is 1. The van der Waals surface area contributed by atoms with Crippen LogP contribution in [0.1, 0.15) is 34.6 Å². The number of hydrogen-bond acceptors (Lipinski definition) is 3. The van der Waals surface area contributed by atoms with Gasteiger partial charge >= 0.3 is 0 Å². The van der Waals surface area contributed by atoms with Crippen molar-refractivity contribution < 1.29 is 9.47 Å². The van der Waals surface area contributed by atoms with Crippen molar-refractivity contribution in [1.29, 1.82) is 0 Å². The Bertz CT molecular complexity index is 392. The molecule has 0 aliphatic heterocycles. The van der Waals surface area contributed by atoms with Gasteiger partial charge in [0.05, 0.1) is 22.4 Å². The number of anilines is 1. The van der Waals surface area contributed by atoms with Crippen LogP contribution >= 0.6 is 15.9 Å². The average Bonchev–Trinajstić information content (AvgIpc) is 2.23. The summed E-state index contributed by atoms with van der Waals surface area (Å²) in [5, 5.41) is 3.29. The number of benzene rings is 1. The van der Waals surface area contributed by atoms with Crippen molar-refractivity contribution in [3.63, 3.8) is 0 Å². The van der Waals surface area contributed by atoms with Crippen LogP contribution in [0.2, 0.25) is 0 Å². The van der Waals surface area contributed by atoms with Gasteiger partial charge in [-0.2, -0.15) is 0 Å². The zero-order valence-corrected chi connectivity index (χ0v) is 13.3. The quantitative estimate of drug-likeness (QED) is 0.841. The second kappa shape index (κ2) is 6.88. The van der Waals surface area contributed by atoms with Crippen molar-refractivity contribution in [3.8, 4) is 11.5 Å². The Kier molecular flexibility index (Phi) is 5.79. The lowest BCUT2D eigenvalue weighted by Gasteiger charge is -2.19. The van der Waals surface area contributed by atoms with E-state index >= 15 is 0 Å². The monoisotopic (exact) mass is 315 g/mol. The van der Waals surface area contributed by atoms with Crippen molar-refractivity contribution in [1.82, 2.24) is 0 Å². The van der Waals surface area contributed by atoms with Crippen molar-refractivity contribution in [3.05, 3.63) is 16.6 Å².